The lowest BCUT2D eigenvalue weighted by Gasteiger charge is -2.30. The van der Waals surface area contributed by atoms with E-state index in [1.807, 2.05) is 4.57 Å². The average molecular weight is 547 g/mol. The van der Waals surface area contributed by atoms with Gasteiger partial charge in [0.1, 0.15) is 12.7 Å². The van der Waals surface area contributed by atoms with E-state index in [0.717, 1.165) is 18.9 Å². The number of aromatic nitrogens is 3. The van der Waals surface area contributed by atoms with Crippen molar-refractivity contribution in [1.29, 1.82) is 0 Å². The van der Waals surface area contributed by atoms with Crippen LogP contribution in [-0.2, 0) is 28.8 Å². The minimum absolute atomic E-state index is 0.0258. The molecule has 1 fully saturated rings. The molecule has 1 N–H and O–H groups in total. The number of sulfonamides is 1. The summed E-state index contributed by atoms with van der Waals surface area (Å²) in [6, 6.07) is 4.76. The molecular weight excluding hydrogens is 522 g/mol. The molecule has 2 atom stereocenters. The van der Waals surface area contributed by atoms with Gasteiger partial charge in [-0.15, -0.1) is 10.2 Å². The van der Waals surface area contributed by atoms with Crippen molar-refractivity contribution < 1.29 is 34.8 Å². The summed E-state index contributed by atoms with van der Waals surface area (Å²) < 4.78 is 111. The Morgan fingerprint density at radius 2 is 1.68 bits per heavy atom. The van der Waals surface area contributed by atoms with Gasteiger partial charge in [0.25, 0.3) is 0 Å². The van der Waals surface area contributed by atoms with Crippen molar-refractivity contribution in [3.63, 3.8) is 0 Å². The van der Waals surface area contributed by atoms with Gasteiger partial charge < -0.3 is 4.57 Å². The molecule has 0 spiro atoms. The van der Waals surface area contributed by atoms with Gasteiger partial charge in [0.05, 0.1) is 16.0 Å². The van der Waals surface area contributed by atoms with Crippen molar-refractivity contribution in [2.45, 2.75) is 68.4 Å². The molecule has 200 valence electrons. The third-order valence-electron chi connectivity index (χ3n) is 6.52. The van der Waals surface area contributed by atoms with Crippen LogP contribution in [0.1, 0.15) is 55.3 Å². The highest BCUT2D eigenvalue weighted by atomic mass is 32.2. The first-order valence-corrected chi connectivity index (χ1v) is 13.1. The lowest BCUT2D eigenvalue weighted by molar-refractivity contribution is -0.142. The quantitative estimate of drug-likeness (QED) is 0.385. The molecule has 0 unspecified atom stereocenters. The smallest absolute Gasteiger partial charge is 0.317 e. The molecule has 0 saturated heterocycles. The zero-order chi connectivity index (χ0) is 27.0. The van der Waals surface area contributed by atoms with Gasteiger partial charge in [-0.05, 0) is 73.1 Å². The third-order valence-corrected chi connectivity index (χ3v) is 8.14. The molecule has 37 heavy (non-hydrogen) atoms. The van der Waals surface area contributed by atoms with Gasteiger partial charge in [-0.2, -0.15) is 26.3 Å². The van der Waals surface area contributed by atoms with Gasteiger partial charge >= 0.3 is 12.4 Å². The summed E-state index contributed by atoms with van der Waals surface area (Å²) in [5, 5.41) is 7.57. The van der Waals surface area contributed by atoms with Crippen LogP contribution < -0.4 is 4.72 Å². The second-order valence-corrected chi connectivity index (χ2v) is 10.7. The van der Waals surface area contributed by atoms with Crippen molar-refractivity contribution in [1.82, 2.24) is 19.5 Å². The highest BCUT2D eigenvalue weighted by molar-refractivity contribution is 7.89. The van der Waals surface area contributed by atoms with Crippen LogP contribution in [0.4, 0.5) is 26.3 Å². The number of aryl methyl sites for hydroxylation is 1. The maximum Gasteiger partial charge on any atom is 0.417 e. The Bertz CT molecular complexity index is 1350. The minimum Gasteiger partial charge on any atom is -0.317 e. The molecule has 13 heteroatoms. The molecule has 0 amide bonds. The van der Waals surface area contributed by atoms with E-state index in [4.69, 9.17) is 0 Å². The van der Waals surface area contributed by atoms with Crippen LogP contribution in [0.5, 0.6) is 0 Å². The minimum atomic E-state index is -5.04. The largest absolute Gasteiger partial charge is 0.417 e. The normalized spacial score (nSPS) is 19.2. The Hall–Kier alpha value is -2.93. The average Bonchev–Trinajstić information content (AvgIpc) is 3.37. The molecule has 1 aliphatic rings. The van der Waals surface area contributed by atoms with Crippen LogP contribution >= 0.6 is 0 Å². The second kappa shape index (κ2) is 10.1. The van der Waals surface area contributed by atoms with Crippen LogP contribution in [0, 0.1) is 0 Å². The third kappa shape index (κ3) is 5.98. The SMILES string of the molecule is CCc1cc(-c2ccc(C(F)(F)F)cc2C(F)(F)F)ccc1S(=O)(=O)N[C@H]1CCC[C@@H](n2cnnc2)C1. The monoisotopic (exact) mass is 546 g/mol. The van der Waals surface area contributed by atoms with Crippen LogP contribution in [0.3, 0.4) is 0 Å². The number of nitrogens with zero attached hydrogens (tertiary/aromatic N) is 3. The molecule has 0 aliphatic heterocycles. The van der Waals surface area contributed by atoms with Gasteiger partial charge in [-0.3, -0.25) is 0 Å². The summed E-state index contributed by atoms with van der Waals surface area (Å²) in [6.45, 7) is 1.65. The predicted molar refractivity (Wildman–Crippen MR) is 123 cm³/mol. The lowest BCUT2D eigenvalue weighted by atomic mass is 9.91. The van der Waals surface area contributed by atoms with Crippen LogP contribution in [0.15, 0.2) is 53.9 Å². The van der Waals surface area contributed by atoms with Crippen molar-refractivity contribution in [3.8, 4) is 11.1 Å². The zero-order valence-corrected chi connectivity index (χ0v) is 20.5. The molecule has 1 heterocycles. The van der Waals surface area contributed by atoms with E-state index in [9.17, 15) is 34.8 Å². The van der Waals surface area contributed by atoms with E-state index in [-0.39, 0.29) is 40.6 Å². The van der Waals surface area contributed by atoms with E-state index < -0.39 is 39.1 Å². The standard InChI is InChI=1S/C24H24F6N4O2S/c1-2-15-10-16(20-8-7-17(23(25,26)27)11-21(20)24(28,29)30)6-9-22(15)37(35,36)33-18-4-3-5-19(12-18)34-13-31-32-14-34/h6-11,13-14,18-19,33H,2-5,12H2,1H3/t18-,19+/m0/s1. The van der Waals surface area contributed by atoms with Gasteiger partial charge in [-0.1, -0.05) is 19.1 Å². The Kier molecular flexibility index (Phi) is 7.39. The number of alkyl halides is 6. The summed E-state index contributed by atoms with van der Waals surface area (Å²) in [5.41, 5.74) is -3.09. The number of benzene rings is 2. The summed E-state index contributed by atoms with van der Waals surface area (Å²) in [5.74, 6) is 0. The summed E-state index contributed by atoms with van der Waals surface area (Å²) in [6.07, 6.45) is -3.88. The molecular formula is C24H24F6N4O2S. The van der Waals surface area contributed by atoms with Crippen molar-refractivity contribution >= 4 is 10.0 Å². The fourth-order valence-corrected chi connectivity index (χ4v) is 6.29. The summed E-state index contributed by atoms with van der Waals surface area (Å²) >= 11 is 0. The van der Waals surface area contributed by atoms with E-state index in [1.54, 1.807) is 19.6 Å². The fraction of sp³-hybridized carbons (Fsp3) is 0.417. The van der Waals surface area contributed by atoms with Crippen molar-refractivity contribution in [3.05, 3.63) is 65.7 Å². The van der Waals surface area contributed by atoms with Gasteiger partial charge in [0, 0.05) is 12.1 Å². The Labute approximate surface area is 209 Å². The maximum absolute atomic E-state index is 13.7. The Morgan fingerprint density at radius 1 is 0.973 bits per heavy atom. The first-order valence-electron chi connectivity index (χ1n) is 11.6. The number of hydrogen-bond donors (Lipinski definition) is 1. The van der Waals surface area contributed by atoms with Crippen LogP contribution in [0.2, 0.25) is 0 Å². The van der Waals surface area contributed by atoms with Gasteiger partial charge in [0.2, 0.25) is 10.0 Å². The van der Waals surface area contributed by atoms with E-state index >= 15 is 0 Å². The van der Waals surface area contributed by atoms with Crippen molar-refractivity contribution in [2.75, 3.05) is 0 Å². The van der Waals surface area contributed by atoms with Crippen LogP contribution in [-0.4, -0.2) is 29.2 Å². The first-order chi connectivity index (χ1) is 17.3. The van der Waals surface area contributed by atoms with Crippen LogP contribution in [0.25, 0.3) is 11.1 Å². The number of hydrogen-bond acceptors (Lipinski definition) is 4. The predicted octanol–water partition coefficient (Wildman–Crippen LogP) is 6.01. The topological polar surface area (TPSA) is 76.9 Å². The first kappa shape index (κ1) is 27.1. The number of rotatable bonds is 6. The molecule has 1 aliphatic carbocycles. The number of halogens is 6. The van der Waals surface area contributed by atoms with E-state index in [2.05, 4.69) is 14.9 Å². The van der Waals surface area contributed by atoms with E-state index in [0.29, 0.717) is 18.9 Å². The molecule has 0 bridgehead atoms. The molecule has 0 radical (unpaired) electrons. The Morgan fingerprint density at radius 3 is 2.30 bits per heavy atom. The lowest BCUT2D eigenvalue weighted by Crippen LogP contribution is -2.39. The fourth-order valence-electron chi connectivity index (χ4n) is 4.71. The highest BCUT2D eigenvalue weighted by Gasteiger charge is 2.38. The van der Waals surface area contributed by atoms with E-state index in [1.165, 1.54) is 18.2 Å². The molecule has 4 rings (SSSR count). The molecule has 6 nitrogen and oxygen atoms in total. The summed E-state index contributed by atoms with van der Waals surface area (Å²) in [7, 11) is -4.02. The second-order valence-electron chi connectivity index (χ2n) is 8.98. The molecule has 1 aromatic heterocycles. The zero-order valence-electron chi connectivity index (χ0n) is 19.6. The number of nitrogens with one attached hydrogen (secondary N) is 1. The molecule has 2 aromatic carbocycles. The van der Waals surface area contributed by atoms with Crippen molar-refractivity contribution in [2.24, 2.45) is 0 Å². The van der Waals surface area contributed by atoms with Gasteiger partial charge in [-0.25, -0.2) is 13.1 Å². The highest BCUT2D eigenvalue weighted by Crippen LogP contribution is 2.41. The van der Waals surface area contributed by atoms with Gasteiger partial charge in [0.15, 0.2) is 0 Å². The Balaban J connectivity index is 1.64. The molecule has 3 aromatic rings. The molecule has 1 saturated carbocycles. The summed E-state index contributed by atoms with van der Waals surface area (Å²) in [4.78, 5) is -0.0781. The maximum atomic E-state index is 13.7.